The van der Waals surface area contributed by atoms with E-state index in [-0.39, 0.29) is 28.8 Å². The molecule has 0 saturated carbocycles. The molecule has 0 unspecified atom stereocenters. The molecule has 9 nitrogen and oxygen atoms in total. The zero-order valence-electron chi connectivity index (χ0n) is 20.3. The summed E-state index contributed by atoms with van der Waals surface area (Å²) >= 11 is 0. The third kappa shape index (κ3) is 4.78. The Labute approximate surface area is 218 Å². The topological polar surface area (TPSA) is 121 Å². The van der Waals surface area contributed by atoms with Crippen LogP contribution in [0.5, 0.6) is 11.5 Å². The molecular formula is C29H23N3O6. The van der Waals surface area contributed by atoms with Gasteiger partial charge in [0.05, 0.1) is 18.0 Å². The molecule has 5 rings (SSSR count). The number of rotatable bonds is 7. The van der Waals surface area contributed by atoms with Crippen molar-refractivity contribution in [2.75, 3.05) is 17.4 Å². The number of carbonyl (C=O) groups excluding carboxylic acids is 1. The number of carboxylic acid groups (broad SMARTS) is 1. The molecule has 0 saturated heterocycles. The Kier molecular flexibility index (Phi) is 6.75. The van der Waals surface area contributed by atoms with Crippen LogP contribution < -0.4 is 15.1 Å². The van der Waals surface area contributed by atoms with E-state index >= 15 is 0 Å². The van der Waals surface area contributed by atoms with Crippen LogP contribution in [0.2, 0.25) is 0 Å². The van der Waals surface area contributed by atoms with E-state index in [1.54, 1.807) is 42.3 Å². The minimum Gasteiger partial charge on any atom is -0.505 e. The van der Waals surface area contributed by atoms with Gasteiger partial charge in [-0.3, -0.25) is 15.1 Å². The lowest BCUT2D eigenvalue weighted by Gasteiger charge is -2.17. The van der Waals surface area contributed by atoms with Crippen molar-refractivity contribution in [1.29, 1.82) is 0 Å². The number of aromatic hydroxyl groups is 1. The molecule has 0 radical (unpaired) electrons. The molecule has 1 aliphatic heterocycles. The molecule has 0 atom stereocenters. The number of carbonyl (C=O) groups is 2. The zero-order valence-corrected chi connectivity index (χ0v) is 20.3. The van der Waals surface area contributed by atoms with Gasteiger partial charge in [-0.25, -0.2) is 4.79 Å². The van der Waals surface area contributed by atoms with Crippen LogP contribution in [-0.2, 0) is 16.1 Å². The lowest BCUT2D eigenvalue weighted by atomic mass is 10.0. The second-order valence-corrected chi connectivity index (χ2v) is 8.43. The highest BCUT2D eigenvalue weighted by molar-refractivity contribution is 6.55. The van der Waals surface area contributed by atoms with Crippen molar-refractivity contribution < 1.29 is 29.3 Å². The minimum atomic E-state index is -1.43. The summed E-state index contributed by atoms with van der Waals surface area (Å²) in [6, 6.07) is 26.2. The quantitative estimate of drug-likeness (QED) is 0.125. The van der Waals surface area contributed by atoms with E-state index in [1.807, 2.05) is 48.5 Å². The van der Waals surface area contributed by atoms with Gasteiger partial charge in [0.1, 0.15) is 11.5 Å². The molecule has 0 aliphatic carbocycles. The molecule has 1 heterocycles. The van der Waals surface area contributed by atoms with Gasteiger partial charge in [0.25, 0.3) is 5.91 Å². The number of phenolic OH excluding ortho intramolecular Hbond substituents is 1. The predicted octanol–water partition coefficient (Wildman–Crippen LogP) is 5.76. The average Bonchev–Trinajstić information content (AvgIpc) is 3.19. The molecule has 3 N–H and O–H groups in total. The number of anilines is 3. The van der Waals surface area contributed by atoms with Crippen LogP contribution in [0.4, 0.5) is 21.9 Å². The maximum Gasteiger partial charge on any atom is 0.511 e. The van der Waals surface area contributed by atoms with E-state index < -0.39 is 6.16 Å². The van der Waals surface area contributed by atoms with E-state index in [1.165, 1.54) is 12.1 Å². The minimum absolute atomic E-state index is 0.117. The highest BCUT2D eigenvalue weighted by Gasteiger charge is 2.35. The summed E-state index contributed by atoms with van der Waals surface area (Å²) < 4.78 is 9.89. The second-order valence-electron chi connectivity index (χ2n) is 8.43. The van der Waals surface area contributed by atoms with Crippen molar-refractivity contribution in [2.45, 2.75) is 6.61 Å². The van der Waals surface area contributed by atoms with Gasteiger partial charge in [-0.15, -0.1) is 0 Å². The van der Waals surface area contributed by atoms with Crippen molar-refractivity contribution in [1.82, 2.24) is 0 Å². The second kappa shape index (κ2) is 10.5. The molecule has 4 aromatic rings. The van der Waals surface area contributed by atoms with Crippen LogP contribution in [0.3, 0.4) is 0 Å². The standard InChI is InChI=1S/C29H23N3O6/c1-37-17-18-12-14-20(15-13-18)32-25-11-3-2-8-23(25)26(28(32)34)31-30-24-10-5-9-22(27(24)33)19-6-4-7-21(16-19)38-29(35)36/h2-16,30,33H,17H2,1H3,(H,35,36). The maximum absolute atomic E-state index is 13.5. The molecule has 38 heavy (non-hydrogen) atoms. The largest absolute Gasteiger partial charge is 0.511 e. The summed E-state index contributed by atoms with van der Waals surface area (Å²) in [5.74, 6) is -0.308. The van der Waals surface area contributed by atoms with Crippen molar-refractivity contribution in [3.63, 3.8) is 0 Å². The van der Waals surface area contributed by atoms with Crippen LogP contribution in [-0.4, -0.2) is 35.1 Å². The van der Waals surface area contributed by atoms with Gasteiger partial charge >= 0.3 is 6.16 Å². The maximum atomic E-state index is 13.5. The van der Waals surface area contributed by atoms with Crippen LogP contribution in [0.25, 0.3) is 11.1 Å². The van der Waals surface area contributed by atoms with Gasteiger partial charge in [-0.05, 0) is 47.5 Å². The molecule has 0 fully saturated rings. The first-order valence-corrected chi connectivity index (χ1v) is 11.6. The SMILES string of the molecule is COCc1ccc(N2C(=O)C(=NNc3cccc(-c4cccc(OC(=O)O)c4)c3O)c3ccccc32)cc1. The number of nitrogens with one attached hydrogen (secondary N) is 1. The van der Waals surface area contributed by atoms with E-state index in [0.717, 1.165) is 5.56 Å². The van der Waals surface area contributed by atoms with Crippen molar-refractivity contribution in [2.24, 2.45) is 5.10 Å². The van der Waals surface area contributed by atoms with Gasteiger partial charge in [-0.1, -0.05) is 54.6 Å². The number of methoxy groups -OCH3 is 1. The number of hydrogen-bond donors (Lipinski definition) is 3. The number of ether oxygens (including phenoxy) is 2. The summed E-state index contributed by atoms with van der Waals surface area (Å²) in [4.78, 5) is 26.0. The molecule has 0 spiro atoms. The lowest BCUT2D eigenvalue weighted by molar-refractivity contribution is -0.111. The number of amides is 1. The summed E-state index contributed by atoms with van der Waals surface area (Å²) in [5, 5.41) is 24.2. The Morgan fingerprint density at radius 1 is 0.947 bits per heavy atom. The molecule has 1 amide bonds. The van der Waals surface area contributed by atoms with E-state index in [4.69, 9.17) is 14.6 Å². The summed E-state index contributed by atoms with van der Waals surface area (Å²) in [7, 11) is 1.63. The third-order valence-corrected chi connectivity index (χ3v) is 5.99. The number of hydrogen-bond acceptors (Lipinski definition) is 7. The number of hydrazone groups is 1. The monoisotopic (exact) mass is 509 g/mol. The van der Waals surface area contributed by atoms with E-state index in [2.05, 4.69) is 10.5 Å². The van der Waals surface area contributed by atoms with Gasteiger partial charge < -0.3 is 19.7 Å². The highest BCUT2D eigenvalue weighted by Crippen LogP contribution is 2.38. The number of benzene rings is 4. The highest BCUT2D eigenvalue weighted by atomic mass is 16.7. The number of fused-ring (bicyclic) bond motifs is 1. The first-order valence-electron chi connectivity index (χ1n) is 11.6. The Morgan fingerprint density at radius 2 is 1.68 bits per heavy atom. The number of phenols is 1. The Morgan fingerprint density at radius 3 is 2.45 bits per heavy atom. The molecule has 0 bridgehead atoms. The van der Waals surface area contributed by atoms with Crippen LogP contribution in [0, 0.1) is 0 Å². The Balaban J connectivity index is 1.45. The normalized spacial score (nSPS) is 13.4. The van der Waals surface area contributed by atoms with Crippen LogP contribution in [0.15, 0.2) is 96.1 Å². The van der Waals surface area contributed by atoms with Crippen molar-refractivity contribution in [3.05, 3.63) is 102 Å². The molecule has 190 valence electrons. The van der Waals surface area contributed by atoms with Crippen molar-refractivity contribution >= 4 is 34.8 Å². The Hall–Kier alpha value is -5.15. The van der Waals surface area contributed by atoms with E-state index in [0.29, 0.717) is 34.7 Å². The van der Waals surface area contributed by atoms with Gasteiger partial charge in [0, 0.05) is 23.9 Å². The first kappa shape index (κ1) is 24.5. The number of para-hydroxylation sites is 2. The summed E-state index contributed by atoms with van der Waals surface area (Å²) in [6.45, 7) is 0.473. The molecular weight excluding hydrogens is 486 g/mol. The zero-order chi connectivity index (χ0) is 26.6. The smallest absolute Gasteiger partial charge is 0.505 e. The molecule has 9 heteroatoms. The fourth-order valence-electron chi connectivity index (χ4n) is 4.28. The average molecular weight is 510 g/mol. The summed E-state index contributed by atoms with van der Waals surface area (Å²) in [5.41, 5.74) is 7.31. The van der Waals surface area contributed by atoms with E-state index in [9.17, 15) is 14.7 Å². The lowest BCUT2D eigenvalue weighted by Crippen LogP contribution is -2.26. The molecule has 4 aromatic carbocycles. The predicted molar refractivity (Wildman–Crippen MR) is 143 cm³/mol. The Bertz CT molecular complexity index is 1550. The fourth-order valence-corrected chi connectivity index (χ4v) is 4.28. The first-order chi connectivity index (χ1) is 18.5. The van der Waals surface area contributed by atoms with Crippen LogP contribution in [0.1, 0.15) is 11.1 Å². The molecule has 1 aliphatic rings. The number of nitrogens with zero attached hydrogens (tertiary/aromatic N) is 2. The van der Waals surface area contributed by atoms with Gasteiger partial charge in [0.2, 0.25) is 0 Å². The third-order valence-electron chi connectivity index (χ3n) is 5.99. The molecule has 0 aromatic heterocycles. The fraction of sp³-hybridized carbons (Fsp3) is 0.0690. The summed E-state index contributed by atoms with van der Waals surface area (Å²) in [6.07, 6.45) is -1.43. The van der Waals surface area contributed by atoms with Gasteiger partial charge in [0.15, 0.2) is 5.71 Å². The van der Waals surface area contributed by atoms with Crippen molar-refractivity contribution in [3.8, 4) is 22.6 Å². The van der Waals surface area contributed by atoms with Gasteiger partial charge in [-0.2, -0.15) is 5.10 Å². The van der Waals surface area contributed by atoms with Crippen LogP contribution >= 0.6 is 0 Å².